The fraction of sp³-hybridized carbons (Fsp3) is 0.0769. The maximum atomic E-state index is 13.6. The number of nitrogens with zero attached hydrogens (tertiary/aromatic N) is 1. The number of benzene rings is 2. The lowest BCUT2D eigenvalue weighted by Crippen LogP contribution is -2.03. The Morgan fingerprint density at radius 1 is 1.29 bits per heavy atom. The molecule has 0 saturated carbocycles. The van der Waals surface area contributed by atoms with Crippen LogP contribution in [0.25, 0.3) is 0 Å². The van der Waals surface area contributed by atoms with Gasteiger partial charge in [-0.2, -0.15) is 0 Å². The van der Waals surface area contributed by atoms with Gasteiger partial charge in [0.1, 0.15) is 11.6 Å². The smallest absolute Gasteiger partial charge is 0.270 e. The normalized spacial score (nSPS) is 10.5. The number of nitro benzene ring substituents is 1. The van der Waals surface area contributed by atoms with Crippen molar-refractivity contribution < 1.29 is 13.7 Å². The zero-order chi connectivity index (χ0) is 15.6. The van der Waals surface area contributed by atoms with E-state index in [1.54, 1.807) is 0 Å². The lowest BCUT2D eigenvalue weighted by molar-refractivity contribution is -0.384. The second kappa shape index (κ2) is 6.36. The van der Waals surface area contributed by atoms with E-state index in [2.05, 4.69) is 21.2 Å². The van der Waals surface area contributed by atoms with E-state index in [9.17, 15) is 18.9 Å². The van der Waals surface area contributed by atoms with Crippen LogP contribution in [0.5, 0.6) is 0 Å². The van der Waals surface area contributed by atoms with E-state index < -0.39 is 16.6 Å². The molecule has 0 spiro atoms. The molecule has 0 unspecified atom stereocenters. The Kier molecular flexibility index (Phi) is 4.74. The quantitative estimate of drug-likeness (QED) is 0.609. The van der Waals surface area contributed by atoms with E-state index in [4.69, 9.17) is 11.6 Å². The van der Waals surface area contributed by atoms with Gasteiger partial charge in [0, 0.05) is 29.2 Å². The first kappa shape index (κ1) is 15.7. The van der Waals surface area contributed by atoms with Crippen LogP contribution in [-0.4, -0.2) is 4.92 Å². The molecule has 0 aliphatic rings. The minimum atomic E-state index is -0.750. The van der Waals surface area contributed by atoms with Gasteiger partial charge >= 0.3 is 0 Å². The van der Waals surface area contributed by atoms with Crippen LogP contribution in [-0.2, 0) is 6.54 Å². The zero-order valence-corrected chi connectivity index (χ0v) is 12.7. The van der Waals surface area contributed by atoms with Crippen LogP contribution in [0.1, 0.15) is 5.56 Å². The van der Waals surface area contributed by atoms with Gasteiger partial charge in [0.25, 0.3) is 5.69 Å². The molecule has 0 atom stereocenters. The highest BCUT2D eigenvalue weighted by molar-refractivity contribution is 9.10. The molecule has 1 N–H and O–H groups in total. The highest BCUT2D eigenvalue weighted by Crippen LogP contribution is 2.29. The Hall–Kier alpha value is -1.73. The summed E-state index contributed by atoms with van der Waals surface area (Å²) in [7, 11) is 0. The summed E-state index contributed by atoms with van der Waals surface area (Å²) in [5.41, 5.74) is 0.515. The molecule has 0 amide bonds. The minimum absolute atomic E-state index is 0.0887. The van der Waals surface area contributed by atoms with Gasteiger partial charge in [-0.25, -0.2) is 8.78 Å². The van der Waals surface area contributed by atoms with Crippen molar-refractivity contribution in [2.24, 2.45) is 0 Å². The van der Waals surface area contributed by atoms with E-state index in [-0.39, 0.29) is 27.4 Å². The third-order valence-corrected chi connectivity index (χ3v) is 3.69. The maximum absolute atomic E-state index is 13.6. The molecule has 0 radical (unpaired) electrons. The average molecular weight is 378 g/mol. The summed E-state index contributed by atoms with van der Waals surface area (Å²) in [5.74, 6) is -1.45. The van der Waals surface area contributed by atoms with Crippen LogP contribution >= 0.6 is 27.5 Å². The number of halogens is 4. The standard InChI is InChI=1S/C13H8BrClF2N2O2/c14-10-3-8(16)4-12(17)13(10)18-6-7-1-2-9(19(20)21)5-11(7)15/h1-5,18H,6H2. The molecule has 2 aromatic carbocycles. The van der Waals surface area contributed by atoms with E-state index in [1.165, 1.54) is 18.2 Å². The second-order valence-electron chi connectivity index (χ2n) is 4.13. The zero-order valence-electron chi connectivity index (χ0n) is 10.4. The van der Waals surface area contributed by atoms with Crippen LogP contribution < -0.4 is 5.32 Å². The average Bonchev–Trinajstić information content (AvgIpc) is 2.38. The number of non-ortho nitro benzene ring substituents is 1. The number of nitro groups is 1. The van der Waals surface area contributed by atoms with E-state index in [1.807, 2.05) is 0 Å². The van der Waals surface area contributed by atoms with Crippen molar-refractivity contribution in [3.05, 3.63) is 67.1 Å². The Morgan fingerprint density at radius 2 is 2.00 bits per heavy atom. The molecular weight excluding hydrogens is 370 g/mol. The molecule has 0 fully saturated rings. The fourth-order valence-electron chi connectivity index (χ4n) is 1.69. The van der Waals surface area contributed by atoms with E-state index >= 15 is 0 Å². The summed E-state index contributed by atoms with van der Waals surface area (Å²) in [6.45, 7) is 0.137. The van der Waals surface area contributed by atoms with E-state index in [0.29, 0.717) is 5.56 Å². The third kappa shape index (κ3) is 3.68. The minimum Gasteiger partial charge on any atom is -0.378 e. The van der Waals surface area contributed by atoms with Crippen LogP contribution in [0, 0.1) is 21.7 Å². The Morgan fingerprint density at radius 3 is 2.57 bits per heavy atom. The van der Waals surface area contributed by atoms with Crippen molar-refractivity contribution in [1.29, 1.82) is 0 Å². The molecule has 0 bridgehead atoms. The summed E-state index contributed by atoms with van der Waals surface area (Å²) in [6, 6.07) is 5.88. The molecule has 21 heavy (non-hydrogen) atoms. The lowest BCUT2D eigenvalue weighted by Gasteiger charge is -2.11. The van der Waals surface area contributed by atoms with Crippen LogP contribution in [0.4, 0.5) is 20.2 Å². The first-order valence-corrected chi connectivity index (χ1v) is 6.87. The predicted molar refractivity (Wildman–Crippen MR) is 79.5 cm³/mol. The van der Waals surface area contributed by atoms with Gasteiger partial charge in [0.15, 0.2) is 0 Å². The summed E-state index contributed by atoms with van der Waals surface area (Å²) in [5, 5.41) is 13.6. The van der Waals surface area contributed by atoms with Crippen LogP contribution in [0.3, 0.4) is 0 Å². The summed E-state index contributed by atoms with van der Waals surface area (Å²) in [6.07, 6.45) is 0. The maximum Gasteiger partial charge on any atom is 0.270 e. The summed E-state index contributed by atoms with van der Waals surface area (Å²) in [4.78, 5) is 10.0. The van der Waals surface area contributed by atoms with Gasteiger partial charge in [-0.05, 0) is 33.6 Å². The highest BCUT2D eigenvalue weighted by atomic mass is 79.9. The highest BCUT2D eigenvalue weighted by Gasteiger charge is 2.12. The molecule has 110 valence electrons. The van der Waals surface area contributed by atoms with Gasteiger partial charge in [0.2, 0.25) is 0 Å². The van der Waals surface area contributed by atoms with Crippen molar-refractivity contribution >= 4 is 38.9 Å². The molecule has 0 saturated heterocycles. The SMILES string of the molecule is O=[N+]([O-])c1ccc(CNc2c(F)cc(F)cc2Br)c(Cl)c1. The fourth-order valence-corrected chi connectivity index (χ4v) is 2.48. The molecular formula is C13H8BrClF2N2O2. The number of hydrogen-bond donors (Lipinski definition) is 1. The van der Waals surface area contributed by atoms with Crippen LogP contribution in [0.15, 0.2) is 34.8 Å². The van der Waals surface area contributed by atoms with Crippen molar-refractivity contribution in [3.8, 4) is 0 Å². The number of nitrogens with one attached hydrogen (secondary N) is 1. The van der Waals surface area contributed by atoms with E-state index in [0.717, 1.165) is 12.1 Å². The molecule has 2 rings (SSSR count). The Labute approximate surface area is 132 Å². The summed E-state index contributed by atoms with van der Waals surface area (Å²) < 4.78 is 26.8. The number of anilines is 1. The second-order valence-corrected chi connectivity index (χ2v) is 5.39. The predicted octanol–water partition coefficient (Wildman–Crippen LogP) is 4.90. The van der Waals surface area contributed by atoms with Gasteiger partial charge in [-0.15, -0.1) is 0 Å². The third-order valence-electron chi connectivity index (χ3n) is 2.71. The molecule has 0 aromatic heterocycles. The van der Waals surface area contributed by atoms with Crippen molar-refractivity contribution in [3.63, 3.8) is 0 Å². The molecule has 4 nitrogen and oxygen atoms in total. The molecule has 2 aromatic rings. The summed E-state index contributed by atoms with van der Waals surface area (Å²) >= 11 is 8.99. The Bertz CT molecular complexity index is 690. The van der Waals surface area contributed by atoms with Crippen molar-refractivity contribution in [1.82, 2.24) is 0 Å². The van der Waals surface area contributed by atoms with Gasteiger partial charge in [-0.3, -0.25) is 10.1 Å². The largest absolute Gasteiger partial charge is 0.378 e. The molecule has 8 heteroatoms. The van der Waals surface area contributed by atoms with Gasteiger partial charge in [0.05, 0.1) is 15.6 Å². The first-order valence-electron chi connectivity index (χ1n) is 5.69. The van der Waals surface area contributed by atoms with Gasteiger partial charge < -0.3 is 5.32 Å². The van der Waals surface area contributed by atoms with Crippen LogP contribution in [0.2, 0.25) is 5.02 Å². The molecule has 0 heterocycles. The Balaban J connectivity index is 2.19. The van der Waals surface area contributed by atoms with Crippen molar-refractivity contribution in [2.45, 2.75) is 6.54 Å². The lowest BCUT2D eigenvalue weighted by atomic mass is 10.2. The first-order chi connectivity index (χ1) is 9.88. The van der Waals surface area contributed by atoms with Gasteiger partial charge in [-0.1, -0.05) is 11.6 Å². The molecule has 0 aliphatic carbocycles. The van der Waals surface area contributed by atoms with Crippen molar-refractivity contribution in [2.75, 3.05) is 5.32 Å². The topological polar surface area (TPSA) is 55.2 Å². The number of hydrogen-bond acceptors (Lipinski definition) is 3. The molecule has 0 aliphatic heterocycles. The number of rotatable bonds is 4. The monoisotopic (exact) mass is 376 g/mol.